The number of benzene rings is 1. The van der Waals surface area contributed by atoms with Crippen molar-refractivity contribution < 1.29 is 49.9 Å². The number of hydrogen-bond donors (Lipinski definition) is 2. The fourth-order valence-electron chi connectivity index (χ4n) is 0.619. The molecule has 0 bridgehead atoms. The zero-order valence-corrected chi connectivity index (χ0v) is 9.44. The molecular formula is C6H8NaO4P. The van der Waals surface area contributed by atoms with Gasteiger partial charge in [-0.2, -0.15) is 0 Å². The minimum atomic E-state index is -4.39. The predicted octanol–water partition coefficient (Wildman–Crippen LogP) is -1.73. The van der Waals surface area contributed by atoms with Crippen LogP contribution in [0.3, 0.4) is 0 Å². The van der Waals surface area contributed by atoms with Gasteiger partial charge in [-0.25, -0.2) is 4.57 Å². The first kappa shape index (κ1) is 12.2. The summed E-state index contributed by atoms with van der Waals surface area (Å²) < 4.78 is 14.5. The third-order valence-electron chi connectivity index (χ3n) is 0.968. The molecule has 4 nitrogen and oxygen atoms in total. The maximum atomic E-state index is 10.3. The molecule has 0 atom stereocenters. The second-order valence-corrected chi connectivity index (χ2v) is 3.06. The Bertz CT molecular complexity index is 275. The van der Waals surface area contributed by atoms with Crippen molar-refractivity contribution in [2.24, 2.45) is 0 Å². The number of rotatable bonds is 2. The third kappa shape index (κ3) is 4.93. The molecule has 1 aromatic carbocycles. The number of hydrogen-bond acceptors (Lipinski definition) is 2. The quantitative estimate of drug-likeness (QED) is 0.438. The molecule has 0 radical (unpaired) electrons. The summed E-state index contributed by atoms with van der Waals surface area (Å²) in [5, 5.41) is 0. The summed E-state index contributed by atoms with van der Waals surface area (Å²) in [4.78, 5) is 16.7. The maximum absolute atomic E-state index is 10.3. The van der Waals surface area contributed by atoms with Gasteiger partial charge >= 0.3 is 37.4 Å². The topological polar surface area (TPSA) is 66.8 Å². The zero-order valence-electron chi connectivity index (χ0n) is 7.54. The van der Waals surface area contributed by atoms with Gasteiger partial charge in [0.2, 0.25) is 0 Å². The first-order valence-corrected chi connectivity index (χ1v) is 4.41. The van der Waals surface area contributed by atoms with Gasteiger partial charge in [0.1, 0.15) is 5.75 Å². The molecule has 0 saturated heterocycles. The van der Waals surface area contributed by atoms with Gasteiger partial charge in [-0.05, 0) is 12.1 Å². The van der Waals surface area contributed by atoms with Crippen molar-refractivity contribution >= 4 is 7.82 Å². The molecule has 0 spiro atoms. The minimum Gasteiger partial charge on any atom is -1.00 e. The first-order valence-electron chi connectivity index (χ1n) is 2.88. The van der Waals surface area contributed by atoms with E-state index in [1.54, 1.807) is 18.2 Å². The van der Waals surface area contributed by atoms with E-state index in [0.29, 0.717) is 0 Å². The molecule has 1 rings (SSSR count). The number of phosphoric ester groups is 1. The average Bonchev–Trinajstić information content (AvgIpc) is 1.85. The molecule has 0 aliphatic carbocycles. The van der Waals surface area contributed by atoms with Gasteiger partial charge in [0.15, 0.2) is 0 Å². The van der Waals surface area contributed by atoms with Crippen LogP contribution in [0.4, 0.5) is 0 Å². The Kier molecular flexibility index (Phi) is 5.09. The maximum Gasteiger partial charge on any atom is 1.00 e. The summed E-state index contributed by atoms with van der Waals surface area (Å²) in [6, 6.07) is 7.93. The van der Waals surface area contributed by atoms with Crippen LogP contribution in [0, 0.1) is 0 Å². The molecule has 0 fully saturated rings. The van der Waals surface area contributed by atoms with Gasteiger partial charge in [-0.1, -0.05) is 18.2 Å². The van der Waals surface area contributed by atoms with Crippen molar-refractivity contribution in [1.29, 1.82) is 0 Å². The molecule has 0 heterocycles. The van der Waals surface area contributed by atoms with Crippen molar-refractivity contribution in [3.05, 3.63) is 30.3 Å². The van der Waals surface area contributed by atoms with Crippen molar-refractivity contribution in [3.8, 4) is 5.75 Å². The van der Waals surface area contributed by atoms with Gasteiger partial charge in [0.05, 0.1) is 0 Å². The Morgan fingerprint density at radius 2 is 1.75 bits per heavy atom. The van der Waals surface area contributed by atoms with E-state index in [1.165, 1.54) is 12.1 Å². The fourth-order valence-corrected chi connectivity index (χ4v) is 1.02. The van der Waals surface area contributed by atoms with Gasteiger partial charge in [-0.3, -0.25) is 9.79 Å². The van der Waals surface area contributed by atoms with E-state index < -0.39 is 7.82 Å². The largest absolute Gasteiger partial charge is 1.00 e. The SMILES string of the molecule is O=P(O)(O)Oc1ccccc1.[H-].[Na+]. The van der Waals surface area contributed by atoms with Crippen LogP contribution in [0.15, 0.2) is 30.3 Å². The Labute approximate surface area is 93.6 Å². The predicted molar refractivity (Wildman–Crippen MR) is 40.2 cm³/mol. The smallest absolute Gasteiger partial charge is 1.00 e. The van der Waals surface area contributed by atoms with E-state index in [1.807, 2.05) is 0 Å². The van der Waals surface area contributed by atoms with Crippen LogP contribution in [0.2, 0.25) is 0 Å². The standard InChI is InChI=1S/C6H7O4P.Na.H/c7-11(8,9)10-6-4-2-1-3-5-6;;/h1-5H,(H2,7,8,9);;/q;+1;-1. The second-order valence-electron chi connectivity index (χ2n) is 1.89. The molecule has 62 valence electrons. The zero-order chi connectivity index (χ0) is 8.32. The Hall–Kier alpha value is 0.170. The van der Waals surface area contributed by atoms with Gasteiger partial charge < -0.3 is 5.95 Å². The van der Waals surface area contributed by atoms with Crippen LogP contribution in [0.1, 0.15) is 1.43 Å². The summed E-state index contributed by atoms with van der Waals surface area (Å²) in [5.74, 6) is 0.167. The van der Waals surface area contributed by atoms with E-state index in [-0.39, 0.29) is 36.7 Å². The second kappa shape index (κ2) is 5.02. The molecule has 0 amide bonds. The minimum absolute atomic E-state index is 0. The summed E-state index contributed by atoms with van der Waals surface area (Å²) >= 11 is 0. The van der Waals surface area contributed by atoms with Gasteiger partial charge in [-0.15, -0.1) is 0 Å². The number of para-hydroxylation sites is 1. The van der Waals surface area contributed by atoms with E-state index in [2.05, 4.69) is 4.52 Å². The molecule has 0 aliphatic rings. The molecule has 6 heteroatoms. The van der Waals surface area contributed by atoms with Crippen molar-refractivity contribution in [2.45, 2.75) is 0 Å². The molecule has 12 heavy (non-hydrogen) atoms. The third-order valence-corrected chi connectivity index (χ3v) is 1.42. The van der Waals surface area contributed by atoms with Crippen LogP contribution in [0.5, 0.6) is 5.75 Å². The van der Waals surface area contributed by atoms with Crippen LogP contribution in [-0.4, -0.2) is 9.79 Å². The van der Waals surface area contributed by atoms with E-state index in [0.717, 1.165) is 0 Å². The normalized spacial score (nSPS) is 10.2. The van der Waals surface area contributed by atoms with Crippen LogP contribution < -0.4 is 34.1 Å². The Morgan fingerprint density at radius 3 is 2.17 bits per heavy atom. The van der Waals surface area contributed by atoms with Crippen LogP contribution in [-0.2, 0) is 4.57 Å². The summed E-state index contributed by atoms with van der Waals surface area (Å²) in [7, 11) is -4.39. The first-order chi connectivity index (χ1) is 5.08. The molecule has 0 aromatic heterocycles. The van der Waals surface area contributed by atoms with E-state index >= 15 is 0 Å². The van der Waals surface area contributed by atoms with Crippen molar-refractivity contribution in [1.82, 2.24) is 0 Å². The monoisotopic (exact) mass is 198 g/mol. The van der Waals surface area contributed by atoms with Gasteiger partial charge in [0.25, 0.3) is 0 Å². The van der Waals surface area contributed by atoms with Crippen molar-refractivity contribution in [3.63, 3.8) is 0 Å². The molecule has 1 aromatic rings. The summed E-state index contributed by atoms with van der Waals surface area (Å²) in [6.45, 7) is 0. The Balaban J connectivity index is 0. The number of phosphoric acid groups is 1. The molecular weight excluding hydrogens is 190 g/mol. The van der Waals surface area contributed by atoms with E-state index in [9.17, 15) is 4.57 Å². The average molecular weight is 198 g/mol. The van der Waals surface area contributed by atoms with Crippen LogP contribution in [0.25, 0.3) is 0 Å². The Morgan fingerprint density at radius 1 is 1.25 bits per heavy atom. The van der Waals surface area contributed by atoms with Crippen molar-refractivity contribution in [2.75, 3.05) is 0 Å². The van der Waals surface area contributed by atoms with Gasteiger partial charge in [0, 0.05) is 0 Å². The summed E-state index contributed by atoms with van der Waals surface area (Å²) in [6.07, 6.45) is 0. The fraction of sp³-hybridized carbons (Fsp3) is 0. The molecule has 0 unspecified atom stereocenters. The summed E-state index contributed by atoms with van der Waals surface area (Å²) in [5.41, 5.74) is 0. The molecule has 2 N–H and O–H groups in total. The molecule has 0 aliphatic heterocycles. The van der Waals surface area contributed by atoms with E-state index in [4.69, 9.17) is 9.79 Å². The van der Waals surface area contributed by atoms with Crippen LogP contribution >= 0.6 is 7.82 Å². The molecule has 0 saturated carbocycles.